The van der Waals surface area contributed by atoms with Crippen molar-refractivity contribution in [1.29, 1.82) is 0 Å². The molecule has 0 aliphatic carbocycles. The molecule has 0 radical (unpaired) electrons. The lowest BCUT2D eigenvalue weighted by Crippen LogP contribution is -2.38. The summed E-state index contributed by atoms with van der Waals surface area (Å²) in [5.74, 6) is 0.0294. The summed E-state index contributed by atoms with van der Waals surface area (Å²) in [6.45, 7) is 1.24. The van der Waals surface area contributed by atoms with Crippen LogP contribution >= 0.6 is 11.3 Å². The van der Waals surface area contributed by atoms with E-state index in [1.165, 1.54) is 0 Å². The van der Waals surface area contributed by atoms with Gasteiger partial charge < -0.3 is 9.64 Å². The van der Waals surface area contributed by atoms with Gasteiger partial charge in [-0.15, -0.1) is 0 Å². The third-order valence-electron chi connectivity index (χ3n) is 3.35. The zero-order valence-corrected chi connectivity index (χ0v) is 11.9. The minimum atomic E-state index is -0.311. The molecular formula is C15H16N2O2S. The number of carbonyl (C=O) groups is 1. The van der Waals surface area contributed by atoms with Gasteiger partial charge in [0.15, 0.2) is 0 Å². The van der Waals surface area contributed by atoms with E-state index in [0.717, 1.165) is 24.1 Å². The van der Waals surface area contributed by atoms with Gasteiger partial charge >= 0.3 is 0 Å². The summed E-state index contributed by atoms with van der Waals surface area (Å²) in [5.41, 5.74) is 1.95. The highest BCUT2D eigenvalue weighted by molar-refractivity contribution is 7.07. The topological polar surface area (TPSA) is 42.4 Å². The second-order valence-electron chi connectivity index (χ2n) is 4.77. The summed E-state index contributed by atoms with van der Waals surface area (Å²) in [4.78, 5) is 18.5. The Bertz CT molecular complexity index is 551. The van der Waals surface area contributed by atoms with E-state index in [1.807, 2.05) is 23.6 Å². The van der Waals surface area contributed by atoms with Crippen molar-refractivity contribution >= 4 is 22.9 Å². The summed E-state index contributed by atoms with van der Waals surface area (Å²) >= 11 is 1.64. The van der Waals surface area contributed by atoms with E-state index in [1.54, 1.807) is 28.6 Å². The fourth-order valence-electron chi connectivity index (χ4n) is 2.32. The van der Waals surface area contributed by atoms with Crippen LogP contribution in [0.2, 0.25) is 0 Å². The average Bonchev–Trinajstić information content (AvgIpc) is 3.18. The van der Waals surface area contributed by atoms with Crippen molar-refractivity contribution in [2.75, 3.05) is 11.5 Å². The molecule has 3 heterocycles. The molecule has 3 rings (SSSR count). The van der Waals surface area contributed by atoms with Crippen molar-refractivity contribution in [2.24, 2.45) is 0 Å². The highest BCUT2D eigenvalue weighted by atomic mass is 32.1. The molecule has 1 aliphatic rings. The molecule has 5 heteroatoms. The Morgan fingerprint density at radius 2 is 2.45 bits per heavy atom. The van der Waals surface area contributed by atoms with E-state index >= 15 is 0 Å². The van der Waals surface area contributed by atoms with Crippen LogP contribution in [0.5, 0.6) is 0 Å². The average molecular weight is 288 g/mol. The number of carbonyl (C=O) groups excluding carboxylic acids is 1. The molecule has 0 bridgehead atoms. The van der Waals surface area contributed by atoms with E-state index < -0.39 is 0 Å². The van der Waals surface area contributed by atoms with Gasteiger partial charge in [0.2, 0.25) is 0 Å². The second kappa shape index (κ2) is 6.15. The van der Waals surface area contributed by atoms with E-state index in [4.69, 9.17) is 4.74 Å². The minimum absolute atomic E-state index is 0.0294. The zero-order chi connectivity index (χ0) is 13.8. The molecule has 1 aliphatic heterocycles. The molecule has 0 spiro atoms. The minimum Gasteiger partial charge on any atom is -0.368 e. The molecule has 104 valence electrons. The highest BCUT2D eigenvalue weighted by Crippen LogP contribution is 2.22. The first-order valence-corrected chi connectivity index (χ1v) is 7.63. The summed E-state index contributed by atoms with van der Waals surface area (Å²) in [7, 11) is 0. The molecule has 1 saturated heterocycles. The number of hydrogen-bond acceptors (Lipinski definition) is 4. The third-order valence-corrected chi connectivity index (χ3v) is 4.08. The Balaban J connectivity index is 1.84. The Morgan fingerprint density at radius 3 is 3.10 bits per heavy atom. The van der Waals surface area contributed by atoms with Crippen molar-refractivity contribution in [3.8, 4) is 0 Å². The standard InChI is InChI=1S/C15H16N2O2S/c18-15(14-4-2-7-19-14)17(10-12-5-8-20-11-12)13-3-1-6-16-9-13/h1,3,5-6,8-9,11,14H,2,4,7,10H2/t14-/m0/s1. The maximum atomic E-state index is 12.6. The lowest BCUT2D eigenvalue weighted by atomic mass is 10.2. The summed E-state index contributed by atoms with van der Waals surface area (Å²) < 4.78 is 5.53. The normalized spacial score (nSPS) is 18.1. The number of thiophene rings is 1. The van der Waals surface area contributed by atoms with Gasteiger partial charge in [0.25, 0.3) is 5.91 Å². The van der Waals surface area contributed by atoms with Crippen LogP contribution in [0.15, 0.2) is 41.4 Å². The summed E-state index contributed by atoms with van der Waals surface area (Å²) in [6.07, 6.45) is 4.88. The molecule has 1 atom stereocenters. The maximum absolute atomic E-state index is 12.6. The Morgan fingerprint density at radius 1 is 1.50 bits per heavy atom. The number of amides is 1. The van der Waals surface area contributed by atoms with Crippen LogP contribution in [-0.2, 0) is 16.1 Å². The van der Waals surface area contributed by atoms with Crippen LogP contribution in [-0.4, -0.2) is 23.6 Å². The summed E-state index contributed by atoms with van der Waals surface area (Å²) in [6, 6.07) is 5.79. The molecule has 0 saturated carbocycles. The zero-order valence-electron chi connectivity index (χ0n) is 11.1. The predicted molar refractivity (Wildman–Crippen MR) is 78.7 cm³/mol. The molecule has 2 aromatic rings. The van der Waals surface area contributed by atoms with Gasteiger partial charge in [-0.05, 0) is 47.4 Å². The highest BCUT2D eigenvalue weighted by Gasteiger charge is 2.29. The van der Waals surface area contributed by atoms with E-state index in [0.29, 0.717) is 13.2 Å². The molecule has 0 N–H and O–H groups in total. The monoisotopic (exact) mass is 288 g/mol. The number of hydrogen-bond donors (Lipinski definition) is 0. The molecule has 1 amide bonds. The molecule has 1 fully saturated rings. The Labute approximate surface area is 122 Å². The van der Waals surface area contributed by atoms with Crippen molar-refractivity contribution in [3.05, 3.63) is 46.9 Å². The fourth-order valence-corrected chi connectivity index (χ4v) is 2.98. The first-order chi connectivity index (χ1) is 9.84. The van der Waals surface area contributed by atoms with Crippen molar-refractivity contribution in [2.45, 2.75) is 25.5 Å². The van der Waals surface area contributed by atoms with E-state index in [-0.39, 0.29) is 12.0 Å². The number of ether oxygens (including phenoxy) is 1. The molecule has 2 aromatic heterocycles. The van der Waals surface area contributed by atoms with Gasteiger partial charge in [-0.25, -0.2) is 0 Å². The summed E-state index contributed by atoms with van der Waals surface area (Å²) in [5, 5.41) is 4.08. The third kappa shape index (κ3) is 2.89. The van der Waals surface area contributed by atoms with Crippen LogP contribution in [0, 0.1) is 0 Å². The van der Waals surface area contributed by atoms with Crippen LogP contribution in [0.3, 0.4) is 0 Å². The van der Waals surface area contributed by atoms with Crippen molar-refractivity contribution in [1.82, 2.24) is 4.98 Å². The molecule has 20 heavy (non-hydrogen) atoms. The van der Waals surface area contributed by atoms with Gasteiger partial charge in [-0.2, -0.15) is 11.3 Å². The maximum Gasteiger partial charge on any atom is 0.256 e. The number of anilines is 1. The predicted octanol–water partition coefficient (Wildman–Crippen LogP) is 2.86. The quantitative estimate of drug-likeness (QED) is 0.869. The molecule has 0 unspecified atom stereocenters. The molecule has 4 nitrogen and oxygen atoms in total. The fraction of sp³-hybridized carbons (Fsp3) is 0.333. The van der Waals surface area contributed by atoms with Crippen molar-refractivity contribution in [3.63, 3.8) is 0 Å². The first kappa shape index (κ1) is 13.3. The number of rotatable bonds is 4. The number of nitrogens with zero attached hydrogens (tertiary/aromatic N) is 2. The molecular weight excluding hydrogens is 272 g/mol. The van der Waals surface area contributed by atoms with Gasteiger partial charge in [0, 0.05) is 12.8 Å². The van der Waals surface area contributed by atoms with Gasteiger partial charge in [-0.3, -0.25) is 9.78 Å². The van der Waals surface area contributed by atoms with E-state index in [9.17, 15) is 4.79 Å². The Hall–Kier alpha value is -1.72. The van der Waals surface area contributed by atoms with Crippen LogP contribution in [0.4, 0.5) is 5.69 Å². The smallest absolute Gasteiger partial charge is 0.256 e. The Kier molecular flexibility index (Phi) is 4.08. The van der Waals surface area contributed by atoms with E-state index in [2.05, 4.69) is 10.4 Å². The van der Waals surface area contributed by atoms with Gasteiger partial charge in [-0.1, -0.05) is 0 Å². The van der Waals surface area contributed by atoms with Crippen LogP contribution in [0.1, 0.15) is 18.4 Å². The lowest BCUT2D eigenvalue weighted by molar-refractivity contribution is -0.127. The number of aromatic nitrogens is 1. The first-order valence-electron chi connectivity index (χ1n) is 6.68. The number of pyridine rings is 1. The van der Waals surface area contributed by atoms with Gasteiger partial charge in [0.05, 0.1) is 18.4 Å². The molecule has 0 aromatic carbocycles. The van der Waals surface area contributed by atoms with Crippen molar-refractivity contribution < 1.29 is 9.53 Å². The second-order valence-corrected chi connectivity index (χ2v) is 5.55. The van der Waals surface area contributed by atoms with Crippen LogP contribution in [0.25, 0.3) is 0 Å². The van der Waals surface area contributed by atoms with Gasteiger partial charge in [0.1, 0.15) is 6.10 Å². The SMILES string of the molecule is O=C([C@@H]1CCCO1)N(Cc1ccsc1)c1cccnc1. The lowest BCUT2D eigenvalue weighted by Gasteiger charge is -2.24. The van der Waals surface area contributed by atoms with Crippen LogP contribution < -0.4 is 4.90 Å². The largest absolute Gasteiger partial charge is 0.368 e.